The van der Waals surface area contributed by atoms with E-state index in [4.69, 9.17) is 0 Å². The Hall–Kier alpha value is -0.0800. The summed E-state index contributed by atoms with van der Waals surface area (Å²) in [6.45, 7) is 14.6. The molecule has 0 fully saturated rings. The molecule has 86 valence electrons. The Morgan fingerprint density at radius 1 is 1.14 bits per heavy atom. The van der Waals surface area contributed by atoms with Gasteiger partial charge < -0.3 is 5.32 Å². The van der Waals surface area contributed by atoms with Crippen LogP contribution in [0.15, 0.2) is 0 Å². The highest BCUT2D eigenvalue weighted by Gasteiger charge is 2.27. The monoisotopic (exact) mass is 200 g/mol. The fourth-order valence-corrected chi connectivity index (χ4v) is 1.39. The van der Waals surface area contributed by atoms with Crippen molar-refractivity contribution in [2.75, 3.05) is 6.54 Å². The normalized spacial score (nSPS) is 14.8. The van der Waals surface area contributed by atoms with Gasteiger partial charge in [0.25, 0.3) is 0 Å². The van der Waals surface area contributed by atoms with E-state index in [0.717, 1.165) is 6.54 Å². The van der Waals surface area contributed by atoms with Gasteiger partial charge in [0.1, 0.15) is 0 Å². The molecule has 0 bridgehead atoms. The number of hydrogen-bond donors (Lipinski definition) is 2. The Balaban J connectivity index is 4.22. The minimum absolute atomic E-state index is 0.319. The molecular formula is C12H28N2. The van der Waals surface area contributed by atoms with Gasteiger partial charge in [0, 0.05) is 6.04 Å². The Labute approximate surface area is 89.9 Å². The summed E-state index contributed by atoms with van der Waals surface area (Å²) in [5, 5.41) is 7.18. The molecule has 2 heteroatoms. The van der Waals surface area contributed by atoms with Crippen LogP contribution < -0.4 is 10.6 Å². The first-order chi connectivity index (χ1) is 6.44. The van der Waals surface area contributed by atoms with Crippen molar-refractivity contribution in [2.24, 2.45) is 5.41 Å². The summed E-state index contributed by atoms with van der Waals surface area (Å²) in [4.78, 5) is 0. The molecule has 0 aromatic carbocycles. The summed E-state index contributed by atoms with van der Waals surface area (Å²) >= 11 is 0. The second-order valence-corrected chi connectivity index (χ2v) is 5.05. The molecule has 0 rings (SSSR count). The predicted octanol–water partition coefficient (Wildman–Crippen LogP) is 2.75. The van der Waals surface area contributed by atoms with Crippen LogP contribution in [0.25, 0.3) is 0 Å². The molecule has 0 aliphatic carbocycles. The first kappa shape index (κ1) is 13.9. The Morgan fingerprint density at radius 3 is 2.07 bits per heavy atom. The molecular weight excluding hydrogens is 172 g/mol. The zero-order valence-corrected chi connectivity index (χ0v) is 10.8. The van der Waals surface area contributed by atoms with Crippen LogP contribution in [-0.2, 0) is 0 Å². The fraction of sp³-hybridized carbons (Fsp3) is 1.00. The van der Waals surface area contributed by atoms with Crippen LogP contribution in [0.1, 0.15) is 54.4 Å². The van der Waals surface area contributed by atoms with Gasteiger partial charge in [0.05, 0.1) is 6.17 Å². The number of hydrogen-bond acceptors (Lipinski definition) is 2. The van der Waals surface area contributed by atoms with Crippen molar-refractivity contribution in [1.29, 1.82) is 0 Å². The van der Waals surface area contributed by atoms with Crippen molar-refractivity contribution >= 4 is 0 Å². The lowest BCUT2D eigenvalue weighted by Gasteiger charge is -2.36. The van der Waals surface area contributed by atoms with Gasteiger partial charge in [-0.25, -0.2) is 0 Å². The summed E-state index contributed by atoms with van der Waals surface area (Å²) in [5.74, 6) is 0. The smallest absolute Gasteiger partial charge is 0.0626 e. The molecule has 0 aliphatic rings. The van der Waals surface area contributed by atoms with Gasteiger partial charge in [-0.05, 0) is 38.6 Å². The highest BCUT2D eigenvalue weighted by atomic mass is 15.1. The maximum absolute atomic E-state index is 3.59. The third-order valence-electron chi connectivity index (χ3n) is 2.79. The van der Waals surface area contributed by atoms with Gasteiger partial charge in [-0.2, -0.15) is 0 Å². The molecule has 14 heavy (non-hydrogen) atoms. The topological polar surface area (TPSA) is 24.1 Å². The summed E-state index contributed by atoms with van der Waals surface area (Å²) in [6, 6.07) is 0.537. The van der Waals surface area contributed by atoms with E-state index in [9.17, 15) is 0 Å². The van der Waals surface area contributed by atoms with Crippen LogP contribution in [0.2, 0.25) is 0 Å². The molecule has 0 aromatic heterocycles. The van der Waals surface area contributed by atoms with Crippen molar-refractivity contribution in [3.05, 3.63) is 0 Å². The van der Waals surface area contributed by atoms with E-state index < -0.39 is 0 Å². The van der Waals surface area contributed by atoms with Gasteiger partial charge in [0.2, 0.25) is 0 Å². The first-order valence-corrected chi connectivity index (χ1v) is 5.93. The highest BCUT2D eigenvalue weighted by molar-refractivity contribution is 4.82. The third kappa shape index (κ3) is 4.97. The second-order valence-electron chi connectivity index (χ2n) is 5.05. The molecule has 2 N–H and O–H groups in total. The van der Waals surface area contributed by atoms with Gasteiger partial charge in [-0.3, -0.25) is 5.32 Å². The average molecular weight is 200 g/mol. The standard InChI is InChI=1S/C12H28N2/c1-7-9-13-11(14-10(3)4)12(5,6)8-2/h10-11,13-14H,7-9H2,1-6H3. The van der Waals surface area contributed by atoms with Gasteiger partial charge in [-0.15, -0.1) is 0 Å². The van der Waals surface area contributed by atoms with Crippen LogP contribution in [0.5, 0.6) is 0 Å². The molecule has 1 unspecified atom stereocenters. The van der Waals surface area contributed by atoms with Crippen molar-refractivity contribution in [2.45, 2.75) is 66.6 Å². The van der Waals surface area contributed by atoms with Crippen LogP contribution in [0.3, 0.4) is 0 Å². The van der Waals surface area contributed by atoms with Crippen molar-refractivity contribution < 1.29 is 0 Å². The molecule has 0 saturated heterocycles. The minimum Gasteiger partial charge on any atom is -0.301 e. The molecule has 0 amide bonds. The van der Waals surface area contributed by atoms with Crippen molar-refractivity contribution in [1.82, 2.24) is 10.6 Å². The SMILES string of the molecule is CCCNC(NC(C)C)C(C)(C)CC. The maximum atomic E-state index is 3.59. The summed E-state index contributed by atoms with van der Waals surface area (Å²) in [5.41, 5.74) is 0.319. The molecule has 2 nitrogen and oxygen atoms in total. The van der Waals surface area contributed by atoms with E-state index in [2.05, 4.69) is 52.2 Å². The van der Waals surface area contributed by atoms with Crippen LogP contribution in [-0.4, -0.2) is 18.8 Å². The molecule has 0 aromatic rings. The van der Waals surface area contributed by atoms with E-state index in [0.29, 0.717) is 17.6 Å². The van der Waals surface area contributed by atoms with Crippen LogP contribution in [0.4, 0.5) is 0 Å². The lowest BCUT2D eigenvalue weighted by Crippen LogP contribution is -2.54. The first-order valence-electron chi connectivity index (χ1n) is 5.93. The van der Waals surface area contributed by atoms with E-state index >= 15 is 0 Å². The molecule has 1 atom stereocenters. The highest BCUT2D eigenvalue weighted by Crippen LogP contribution is 2.23. The molecule has 0 spiro atoms. The van der Waals surface area contributed by atoms with Gasteiger partial charge in [0.15, 0.2) is 0 Å². The van der Waals surface area contributed by atoms with Crippen LogP contribution >= 0.6 is 0 Å². The zero-order valence-electron chi connectivity index (χ0n) is 10.8. The summed E-state index contributed by atoms with van der Waals surface area (Å²) in [6.07, 6.45) is 2.80. The Kier molecular flexibility index (Phi) is 6.38. The summed E-state index contributed by atoms with van der Waals surface area (Å²) < 4.78 is 0. The molecule has 0 heterocycles. The molecule has 0 saturated carbocycles. The van der Waals surface area contributed by atoms with E-state index in [1.807, 2.05) is 0 Å². The minimum atomic E-state index is 0.319. The predicted molar refractivity (Wildman–Crippen MR) is 64.4 cm³/mol. The van der Waals surface area contributed by atoms with Gasteiger partial charge in [-0.1, -0.05) is 27.7 Å². The van der Waals surface area contributed by atoms with E-state index in [1.54, 1.807) is 0 Å². The lowest BCUT2D eigenvalue weighted by molar-refractivity contribution is 0.184. The Bertz CT molecular complexity index is 141. The van der Waals surface area contributed by atoms with E-state index in [-0.39, 0.29) is 0 Å². The fourth-order valence-electron chi connectivity index (χ4n) is 1.39. The van der Waals surface area contributed by atoms with E-state index in [1.165, 1.54) is 12.8 Å². The molecule has 0 aliphatic heterocycles. The number of nitrogens with one attached hydrogen (secondary N) is 2. The average Bonchev–Trinajstić information content (AvgIpc) is 2.11. The largest absolute Gasteiger partial charge is 0.301 e. The Morgan fingerprint density at radius 2 is 1.71 bits per heavy atom. The van der Waals surface area contributed by atoms with Gasteiger partial charge >= 0.3 is 0 Å². The van der Waals surface area contributed by atoms with Crippen molar-refractivity contribution in [3.63, 3.8) is 0 Å². The van der Waals surface area contributed by atoms with Crippen molar-refractivity contribution in [3.8, 4) is 0 Å². The quantitative estimate of drug-likeness (QED) is 0.618. The summed E-state index contributed by atoms with van der Waals surface area (Å²) in [7, 11) is 0. The zero-order chi connectivity index (χ0) is 11.2. The second kappa shape index (κ2) is 6.41. The third-order valence-corrected chi connectivity index (χ3v) is 2.79. The molecule has 0 radical (unpaired) electrons. The number of rotatable bonds is 7. The maximum Gasteiger partial charge on any atom is 0.0626 e. The lowest BCUT2D eigenvalue weighted by atomic mass is 9.86. The van der Waals surface area contributed by atoms with Crippen LogP contribution in [0, 0.1) is 5.41 Å².